The normalized spacial score (nSPS) is 49.5. The van der Waals surface area contributed by atoms with Gasteiger partial charge < -0.3 is 5.11 Å². The van der Waals surface area contributed by atoms with E-state index in [0.29, 0.717) is 37.4 Å². The van der Waals surface area contributed by atoms with Crippen molar-refractivity contribution in [3.63, 3.8) is 0 Å². The van der Waals surface area contributed by atoms with Gasteiger partial charge in [-0.25, -0.2) is 0 Å². The second-order valence-electron chi connectivity index (χ2n) is 8.05. The molecule has 3 saturated carbocycles. The zero-order valence-electron chi connectivity index (χ0n) is 15.2. The number of carbonyl (C=O) groups excluding carboxylic acids is 2. The molecule has 0 spiro atoms. The van der Waals surface area contributed by atoms with Crippen LogP contribution in [-0.4, -0.2) is 23.2 Å². The van der Waals surface area contributed by atoms with E-state index in [1.54, 1.807) is 6.08 Å². The maximum absolute atomic E-state index is 12.4. The van der Waals surface area contributed by atoms with E-state index in [0.717, 1.165) is 31.3 Å². The molecule has 0 aliphatic heterocycles. The third-order valence-corrected chi connectivity index (χ3v) is 7.40. The third kappa shape index (κ3) is 1.72. The van der Waals surface area contributed by atoms with E-state index in [-0.39, 0.29) is 23.0 Å². The molecule has 4 aliphatic rings. The Bertz CT molecular complexity index is 635. The molecule has 5 atom stereocenters. The lowest BCUT2D eigenvalue weighted by Crippen LogP contribution is -2.53. The monoisotopic (exact) mass is 304 g/mol. The van der Waals surface area contributed by atoms with Gasteiger partial charge in [0.1, 0.15) is 5.78 Å². The highest BCUT2D eigenvalue weighted by Gasteiger charge is 2.59. The van der Waals surface area contributed by atoms with Gasteiger partial charge in [-0.3, -0.25) is 9.59 Å². The fraction of sp³-hybridized carbons (Fsp3) is 0.789. The van der Waals surface area contributed by atoms with Crippen LogP contribution in [0.2, 0.25) is 0 Å². The molecular formula is C19H26O3. The minimum absolute atomic E-state index is 0.0366. The van der Waals surface area contributed by atoms with Gasteiger partial charge in [-0.2, -0.15) is 0 Å². The van der Waals surface area contributed by atoms with Gasteiger partial charge in [0, 0.05) is 23.7 Å². The Morgan fingerprint density at radius 2 is 2.00 bits per heavy atom. The average Bonchev–Trinajstić information content (AvgIpc) is 2.81. The lowest BCUT2D eigenvalue weighted by Gasteiger charge is -2.57. The molecule has 0 unspecified atom stereocenters. The molecule has 4 aliphatic carbocycles. The number of carbonyl (C=O) groups is 2. The van der Waals surface area contributed by atoms with Crippen LogP contribution in [-0.2, 0) is 9.59 Å². The van der Waals surface area contributed by atoms with E-state index in [1.165, 1.54) is 0 Å². The highest BCUT2D eigenvalue weighted by molar-refractivity contribution is 5.91. The van der Waals surface area contributed by atoms with Gasteiger partial charge in [-0.05, 0) is 62.4 Å². The summed E-state index contributed by atoms with van der Waals surface area (Å²) < 4.78 is 16.4. The summed E-state index contributed by atoms with van der Waals surface area (Å²) in [7, 11) is 0. The first-order valence-electron chi connectivity index (χ1n) is 9.70. The van der Waals surface area contributed by atoms with E-state index in [2.05, 4.69) is 6.92 Å². The van der Waals surface area contributed by atoms with Crippen molar-refractivity contribution in [3.05, 3.63) is 11.6 Å². The van der Waals surface area contributed by atoms with Gasteiger partial charge in [-0.15, -0.1) is 0 Å². The summed E-state index contributed by atoms with van der Waals surface area (Å²) in [6.45, 7) is -0.224. The molecule has 0 aromatic heterocycles. The van der Waals surface area contributed by atoms with E-state index in [9.17, 15) is 14.7 Å². The molecule has 0 heterocycles. The van der Waals surface area contributed by atoms with Crippen molar-refractivity contribution in [2.45, 2.75) is 58.3 Å². The number of rotatable bonds is 1. The van der Waals surface area contributed by atoms with Crippen molar-refractivity contribution in [2.75, 3.05) is 6.56 Å². The van der Waals surface area contributed by atoms with E-state index in [4.69, 9.17) is 2.74 Å². The molecule has 3 nitrogen and oxygen atoms in total. The Hall–Kier alpha value is -0.960. The number of hydrogen-bond donors (Lipinski definition) is 1. The third-order valence-electron chi connectivity index (χ3n) is 7.40. The Morgan fingerprint density at radius 3 is 2.77 bits per heavy atom. The molecule has 3 fully saturated rings. The Kier molecular flexibility index (Phi) is 2.70. The summed E-state index contributed by atoms with van der Waals surface area (Å²) in [6.07, 6.45) is 7.02. The largest absolute Gasteiger partial charge is 0.395 e. The van der Waals surface area contributed by atoms with Crippen LogP contribution >= 0.6 is 0 Å². The van der Waals surface area contributed by atoms with Crippen molar-refractivity contribution in [3.8, 4) is 0 Å². The maximum Gasteiger partial charge on any atom is 0.155 e. The molecule has 4 rings (SSSR count). The van der Waals surface area contributed by atoms with Gasteiger partial charge in [0.2, 0.25) is 0 Å². The molecule has 0 radical (unpaired) electrons. The van der Waals surface area contributed by atoms with Gasteiger partial charge >= 0.3 is 0 Å². The fourth-order valence-electron chi connectivity index (χ4n) is 6.20. The highest BCUT2D eigenvalue weighted by atomic mass is 16.3. The Labute approximate surface area is 135 Å². The SMILES string of the molecule is [2H]C([2H])(O)[C@@]12CCC(=O)C=C1CC[C@@H]1[C@H]3CCC(=O)[C@]3(C)CC[C@H]12. The van der Waals surface area contributed by atoms with Crippen molar-refractivity contribution in [2.24, 2.45) is 28.6 Å². The molecule has 0 bridgehead atoms. The van der Waals surface area contributed by atoms with Crippen molar-refractivity contribution < 1.29 is 17.4 Å². The average molecular weight is 304 g/mol. The molecule has 120 valence electrons. The number of fused-ring (bicyclic) bond motifs is 5. The van der Waals surface area contributed by atoms with Crippen LogP contribution in [0.25, 0.3) is 0 Å². The van der Waals surface area contributed by atoms with Crippen molar-refractivity contribution >= 4 is 11.6 Å². The van der Waals surface area contributed by atoms with Gasteiger partial charge in [0.05, 0.1) is 9.30 Å². The van der Waals surface area contributed by atoms with Gasteiger partial charge in [0.15, 0.2) is 5.78 Å². The van der Waals surface area contributed by atoms with Crippen LogP contribution in [0.5, 0.6) is 0 Å². The van der Waals surface area contributed by atoms with Gasteiger partial charge in [-0.1, -0.05) is 12.5 Å². The smallest absolute Gasteiger partial charge is 0.155 e. The fourth-order valence-corrected chi connectivity index (χ4v) is 6.20. The second-order valence-corrected chi connectivity index (χ2v) is 8.05. The van der Waals surface area contributed by atoms with Crippen LogP contribution < -0.4 is 0 Å². The van der Waals surface area contributed by atoms with Crippen LogP contribution in [0.1, 0.15) is 61.0 Å². The summed E-state index contributed by atoms with van der Waals surface area (Å²) in [5.74, 6) is 1.05. The first kappa shape index (κ1) is 12.5. The van der Waals surface area contributed by atoms with Crippen LogP contribution in [0.4, 0.5) is 0 Å². The van der Waals surface area contributed by atoms with Crippen LogP contribution in [0.15, 0.2) is 11.6 Å². The standard InChI is InChI=1S/C19H26O3/c1-18-8-7-16-14(15(18)4-5-17(18)22)3-2-12-10-13(21)6-9-19(12,16)11-20/h10,14-16,20H,2-9,11H2,1H3/t14-,15-,16-,18-,19+/m1/s1/i11D2. The predicted molar refractivity (Wildman–Crippen MR) is 83.1 cm³/mol. The first-order chi connectivity index (χ1) is 11.2. The van der Waals surface area contributed by atoms with Crippen LogP contribution in [0.3, 0.4) is 0 Å². The van der Waals surface area contributed by atoms with E-state index in [1.807, 2.05) is 0 Å². The number of hydrogen-bond acceptors (Lipinski definition) is 3. The minimum Gasteiger partial charge on any atom is -0.395 e. The maximum atomic E-state index is 12.4. The van der Waals surface area contributed by atoms with Gasteiger partial charge in [0.25, 0.3) is 0 Å². The molecule has 0 amide bonds. The molecular weight excluding hydrogens is 276 g/mol. The molecule has 0 saturated heterocycles. The minimum atomic E-state index is -2.32. The first-order valence-corrected chi connectivity index (χ1v) is 8.70. The lowest BCUT2D eigenvalue weighted by atomic mass is 9.47. The predicted octanol–water partition coefficient (Wildman–Crippen LogP) is 3.06. The van der Waals surface area contributed by atoms with Crippen molar-refractivity contribution in [1.29, 1.82) is 0 Å². The summed E-state index contributed by atoms with van der Waals surface area (Å²) in [5, 5.41) is 10.5. The second kappa shape index (κ2) is 4.77. The molecule has 1 N–H and O–H groups in total. The molecule has 22 heavy (non-hydrogen) atoms. The quantitative estimate of drug-likeness (QED) is 0.810. The number of Topliss-reactive ketones (excluding diaryl/α,β-unsaturated/α-hetero) is 1. The van der Waals surface area contributed by atoms with Crippen LogP contribution in [0, 0.1) is 28.6 Å². The zero-order valence-corrected chi connectivity index (χ0v) is 13.2. The summed E-state index contributed by atoms with van der Waals surface area (Å²) in [5.41, 5.74) is -0.368. The molecule has 0 aromatic rings. The molecule has 0 aromatic carbocycles. The topological polar surface area (TPSA) is 54.4 Å². The summed E-state index contributed by atoms with van der Waals surface area (Å²) in [6, 6.07) is 0. The van der Waals surface area contributed by atoms with E-state index >= 15 is 0 Å². The number of aliphatic hydroxyl groups is 1. The van der Waals surface area contributed by atoms with Crippen molar-refractivity contribution in [1.82, 2.24) is 0 Å². The highest BCUT2D eigenvalue weighted by Crippen LogP contribution is 2.64. The summed E-state index contributed by atoms with van der Waals surface area (Å²) in [4.78, 5) is 24.3. The Morgan fingerprint density at radius 1 is 1.18 bits per heavy atom. The molecule has 3 heteroatoms. The van der Waals surface area contributed by atoms with E-state index < -0.39 is 12.0 Å². The zero-order chi connectivity index (χ0) is 17.3. The number of ketones is 2. The summed E-state index contributed by atoms with van der Waals surface area (Å²) >= 11 is 0. The lowest BCUT2D eigenvalue weighted by molar-refractivity contribution is -0.134. The Balaban J connectivity index is 1.79.